The molecule has 1 aromatic heterocycles. The van der Waals surface area contributed by atoms with Crippen LogP contribution in [0.2, 0.25) is 0 Å². The van der Waals surface area contributed by atoms with Crippen LogP contribution in [0, 0.1) is 13.8 Å². The van der Waals surface area contributed by atoms with Crippen LogP contribution in [0.1, 0.15) is 18.3 Å². The molecule has 0 bridgehead atoms. The fourth-order valence-electron chi connectivity index (χ4n) is 1.96. The molecule has 116 valence electrons. The predicted molar refractivity (Wildman–Crippen MR) is 82.7 cm³/mol. The van der Waals surface area contributed by atoms with E-state index in [4.69, 9.17) is 5.73 Å². The zero-order chi connectivity index (χ0) is 16.5. The van der Waals surface area contributed by atoms with E-state index in [1.54, 1.807) is 19.9 Å². The minimum Gasteiger partial charge on any atom is -0.399 e. The van der Waals surface area contributed by atoms with Crippen LogP contribution in [0.15, 0.2) is 35.2 Å². The van der Waals surface area contributed by atoms with Gasteiger partial charge < -0.3 is 5.73 Å². The van der Waals surface area contributed by atoms with Gasteiger partial charge in [-0.05, 0) is 44.2 Å². The topological polar surface area (TPSA) is 106 Å². The maximum atomic E-state index is 12.7. The molecule has 0 fully saturated rings. The Morgan fingerprint density at radius 2 is 1.59 bits per heavy atom. The summed E-state index contributed by atoms with van der Waals surface area (Å²) in [6, 6.07) is 7.27. The maximum Gasteiger partial charge on any atom is 0.273 e. The van der Waals surface area contributed by atoms with Crippen LogP contribution >= 0.6 is 0 Å². The predicted octanol–water partition coefficient (Wildman–Crippen LogP) is 1.42. The molecular formula is C14H16N4O3S. The number of hydrogen-bond acceptors (Lipinski definition) is 6. The number of nitrogen functional groups attached to an aromatic ring is 1. The molecule has 0 radical (unpaired) electrons. The highest BCUT2D eigenvalue weighted by molar-refractivity contribution is 7.93. The number of nitrogens with two attached hydrogens (primary N) is 1. The second-order valence-electron chi connectivity index (χ2n) is 4.81. The fourth-order valence-corrected chi connectivity index (χ4v) is 3.29. The molecule has 0 aliphatic carbocycles. The number of carbonyl (C=O) groups excluding carboxylic acids is 1. The molecule has 7 nitrogen and oxygen atoms in total. The lowest BCUT2D eigenvalue weighted by Crippen LogP contribution is -2.36. The molecule has 1 aromatic carbocycles. The third-order valence-corrected chi connectivity index (χ3v) is 4.63. The largest absolute Gasteiger partial charge is 0.399 e. The molecule has 1 heterocycles. The number of aryl methyl sites for hydroxylation is 2. The molecule has 2 rings (SSSR count). The quantitative estimate of drug-likeness (QED) is 0.857. The highest BCUT2D eigenvalue weighted by atomic mass is 32.2. The van der Waals surface area contributed by atoms with Gasteiger partial charge in [0, 0.05) is 24.0 Å². The molecule has 22 heavy (non-hydrogen) atoms. The number of aromatic nitrogens is 2. The van der Waals surface area contributed by atoms with Crippen molar-refractivity contribution in [2.75, 3.05) is 10.0 Å². The lowest BCUT2D eigenvalue weighted by atomic mass is 10.3. The van der Waals surface area contributed by atoms with Gasteiger partial charge in [0.05, 0.1) is 4.90 Å². The van der Waals surface area contributed by atoms with Crippen molar-refractivity contribution in [2.24, 2.45) is 0 Å². The molecule has 0 aliphatic heterocycles. The summed E-state index contributed by atoms with van der Waals surface area (Å²) in [5, 5.41) is 0. The second-order valence-corrected chi connectivity index (χ2v) is 6.59. The van der Waals surface area contributed by atoms with Gasteiger partial charge in [-0.2, -0.15) is 4.31 Å². The van der Waals surface area contributed by atoms with Crippen LogP contribution in [0.5, 0.6) is 0 Å². The Labute approximate surface area is 128 Å². The van der Waals surface area contributed by atoms with Gasteiger partial charge in [0.25, 0.3) is 10.0 Å². The molecular weight excluding hydrogens is 304 g/mol. The molecule has 0 unspecified atom stereocenters. The van der Waals surface area contributed by atoms with Crippen molar-refractivity contribution in [1.29, 1.82) is 0 Å². The zero-order valence-electron chi connectivity index (χ0n) is 12.4. The van der Waals surface area contributed by atoms with E-state index in [0.29, 0.717) is 21.4 Å². The Balaban J connectivity index is 2.60. The lowest BCUT2D eigenvalue weighted by Gasteiger charge is -2.19. The summed E-state index contributed by atoms with van der Waals surface area (Å²) in [7, 11) is -4.10. The summed E-state index contributed by atoms with van der Waals surface area (Å²) in [5.74, 6) is -0.858. The van der Waals surface area contributed by atoms with E-state index >= 15 is 0 Å². The zero-order valence-corrected chi connectivity index (χ0v) is 13.3. The number of amides is 1. The number of benzene rings is 1. The van der Waals surface area contributed by atoms with Crippen molar-refractivity contribution < 1.29 is 13.2 Å². The van der Waals surface area contributed by atoms with Crippen LogP contribution < -0.4 is 10.0 Å². The van der Waals surface area contributed by atoms with E-state index in [2.05, 4.69) is 9.97 Å². The van der Waals surface area contributed by atoms with Crippen LogP contribution in [0.4, 0.5) is 11.6 Å². The number of anilines is 2. The van der Waals surface area contributed by atoms with Gasteiger partial charge in [0.15, 0.2) is 0 Å². The smallest absolute Gasteiger partial charge is 0.273 e. The highest BCUT2D eigenvalue weighted by Crippen LogP contribution is 2.22. The number of nitrogens with zero attached hydrogens (tertiary/aromatic N) is 3. The first kappa shape index (κ1) is 15.9. The molecule has 1 amide bonds. The minimum atomic E-state index is -4.10. The first-order valence-electron chi connectivity index (χ1n) is 6.45. The van der Waals surface area contributed by atoms with E-state index in [0.717, 1.165) is 6.92 Å². The van der Waals surface area contributed by atoms with Gasteiger partial charge in [0.2, 0.25) is 11.9 Å². The number of carbonyl (C=O) groups is 1. The van der Waals surface area contributed by atoms with E-state index < -0.39 is 15.9 Å². The molecule has 0 saturated heterocycles. The molecule has 0 atom stereocenters. The summed E-state index contributed by atoms with van der Waals surface area (Å²) in [5.41, 5.74) is 7.12. The molecule has 2 N–H and O–H groups in total. The van der Waals surface area contributed by atoms with Crippen molar-refractivity contribution >= 4 is 27.6 Å². The van der Waals surface area contributed by atoms with Crippen LogP contribution in [0.3, 0.4) is 0 Å². The van der Waals surface area contributed by atoms with Crippen molar-refractivity contribution in [3.8, 4) is 0 Å². The molecule has 8 heteroatoms. The molecule has 0 saturated carbocycles. The summed E-state index contributed by atoms with van der Waals surface area (Å²) in [6.45, 7) is 4.55. The highest BCUT2D eigenvalue weighted by Gasteiger charge is 2.31. The van der Waals surface area contributed by atoms with Crippen LogP contribution in [-0.4, -0.2) is 24.3 Å². The first-order valence-corrected chi connectivity index (χ1v) is 7.89. The van der Waals surface area contributed by atoms with Crippen molar-refractivity contribution in [2.45, 2.75) is 25.7 Å². The van der Waals surface area contributed by atoms with Gasteiger partial charge in [-0.3, -0.25) is 4.79 Å². The van der Waals surface area contributed by atoms with Crippen molar-refractivity contribution in [1.82, 2.24) is 9.97 Å². The Bertz CT molecular complexity index is 796. The molecule has 2 aromatic rings. The van der Waals surface area contributed by atoms with E-state index in [9.17, 15) is 13.2 Å². The number of sulfonamides is 1. The van der Waals surface area contributed by atoms with Crippen LogP contribution in [0.25, 0.3) is 0 Å². The second kappa shape index (κ2) is 5.72. The monoisotopic (exact) mass is 320 g/mol. The Kier molecular flexibility index (Phi) is 4.14. The van der Waals surface area contributed by atoms with Gasteiger partial charge in [0.1, 0.15) is 0 Å². The average Bonchev–Trinajstić information content (AvgIpc) is 2.37. The Morgan fingerprint density at radius 1 is 1.09 bits per heavy atom. The van der Waals surface area contributed by atoms with E-state index in [1.165, 1.54) is 24.3 Å². The number of hydrogen-bond donors (Lipinski definition) is 1. The fraction of sp³-hybridized carbons (Fsp3) is 0.214. The summed E-state index contributed by atoms with van der Waals surface area (Å²) >= 11 is 0. The average molecular weight is 320 g/mol. The van der Waals surface area contributed by atoms with Gasteiger partial charge in [-0.25, -0.2) is 18.4 Å². The standard InChI is InChI=1S/C14H16N4O3S/c1-9-8-10(2)17-14(16-9)18(11(3)19)22(20,21)13-6-4-12(15)5-7-13/h4-8H,15H2,1-3H3. The van der Waals surface area contributed by atoms with E-state index in [-0.39, 0.29) is 10.8 Å². The van der Waals surface area contributed by atoms with Gasteiger partial charge >= 0.3 is 0 Å². The lowest BCUT2D eigenvalue weighted by molar-refractivity contribution is -0.115. The van der Waals surface area contributed by atoms with Crippen molar-refractivity contribution in [3.63, 3.8) is 0 Å². The van der Waals surface area contributed by atoms with Crippen LogP contribution in [-0.2, 0) is 14.8 Å². The van der Waals surface area contributed by atoms with Gasteiger partial charge in [-0.1, -0.05) is 0 Å². The minimum absolute atomic E-state index is 0.0559. The first-order chi connectivity index (χ1) is 10.2. The maximum absolute atomic E-state index is 12.7. The van der Waals surface area contributed by atoms with Gasteiger partial charge in [-0.15, -0.1) is 0 Å². The SMILES string of the molecule is CC(=O)N(c1nc(C)cc(C)n1)S(=O)(=O)c1ccc(N)cc1. The normalized spacial score (nSPS) is 11.2. The summed E-state index contributed by atoms with van der Waals surface area (Å²) in [6.07, 6.45) is 0. The Hall–Kier alpha value is -2.48. The molecule has 0 spiro atoms. The summed E-state index contributed by atoms with van der Waals surface area (Å²) in [4.78, 5) is 20.0. The Morgan fingerprint density at radius 3 is 2.05 bits per heavy atom. The molecule has 0 aliphatic rings. The van der Waals surface area contributed by atoms with Crippen molar-refractivity contribution in [3.05, 3.63) is 41.7 Å². The third-order valence-electron chi connectivity index (χ3n) is 2.86. The summed E-state index contributed by atoms with van der Waals surface area (Å²) < 4.78 is 26.0. The number of rotatable bonds is 3. The third kappa shape index (κ3) is 3.06. The van der Waals surface area contributed by atoms with E-state index in [1.807, 2.05) is 0 Å².